The molecule has 136 valence electrons. The number of carbonyl (C=O) groups excluding carboxylic acids is 2. The molecule has 0 aliphatic carbocycles. The van der Waals surface area contributed by atoms with Crippen LogP contribution in [-0.2, 0) is 17.9 Å². The van der Waals surface area contributed by atoms with Crippen LogP contribution in [0.3, 0.4) is 0 Å². The number of nitrogens with zero attached hydrogens (tertiary/aromatic N) is 1. The van der Waals surface area contributed by atoms with Crippen molar-refractivity contribution in [2.45, 2.75) is 25.4 Å². The number of halogens is 1. The van der Waals surface area contributed by atoms with Gasteiger partial charge in [-0.25, -0.2) is 4.39 Å². The van der Waals surface area contributed by atoms with Crippen molar-refractivity contribution in [1.82, 2.24) is 9.88 Å². The van der Waals surface area contributed by atoms with Gasteiger partial charge in [0.15, 0.2) is 0 Å². The van der Waals surface area contributed by atoms with Crippen LogP contribution in [0.1, 0.15) is 39.6 Å². The first kappa shape index (κ1) is 17.2. The van der Waals surface area contributed by atoms with Crippen molar-refractivity contribution in [3.05, 3.63) is 95.1 Å². The van der Waals surface area contributed by atoms with Crippen LogP contribution in [0.5, 0.6) is 0 Å². The predicted octanol–water partition coefficient (Wildman–Crippen LogP) is 3.66. The molecule has 0 bridgehead atoms. The molecular weight excluding hydrogens is 343 g/mol. The zero-order valence-electron chi connectivity index (χ0n) is 14.7. The van der Waals surface area contributed by atoms with E-state index in [0.29, 0.717) is 30.8 Å². The highest BCUT2D eigenvalue weighted by molar-refractivity contribution is 6.08. The Bertz CT molecular complexity index is 977. The Labute approximate surface area is 156 Å². The molecular formula is C22H19FN2O2. The van der Waals surface area contributed by atoms with Crippen LogP contribution in [0.25, 0.3) is 0 Å². The fourth-order valence-corrected chi connectivity index (χ4v) is 3.56. The summed E-state index contributed by atoms with van der Waals surface area (Å²) >= 11 is 0. The zero-order valence-corrected chi connectivity index (χ0v) is 14.7. The number of amides is 1. The lowest BCUT2D eigenvalue weighted by Gasteiger charge is -2.11. The molecule has 2 heterocycles. The number of rotatable bonds is 5. The fourth-order valence-electron chi connectivity index (χ4n) is 3.56. The summed E-state index contributed by atoms with van der Waals surface area (Å²) in [4.78, 5) is 25.3. The number of aromatic nitrogens is 1. The normalized spacial score (nSPS) is 15.4. The second-order valence-electron chi connectivity index (χ2n) is 6.68. The van der Waals surface area contributed by atoms with Crippen molar-refractivity contribution in [2.75, 3.05) is 0 Å². The van der Waals surface area contributed by atoms with Crippen LogP contribution in [0.4, 0.5) is 4.39 Å². The summed E-state index contributed by atoms with van der Waals surface area (Å²) in [6.07, 6.45) is 0.667. The maximum absolute atomic E-state index is 13.0. The van der Waals surface area contributed by atoms with Crippen molar-refractivity contribution in [2.24, 2.45) is 0 Å². The lowest BCUT2D eigenvalue weighted by Crippen LogP contribution is -2.27. The molecule has 1 aromatic heterocycles. The fraction of sp³-hybridized carbons (Fsp3) is 0.182. The Hall–Kier alpha value is -3.21. The molecule has 1 amide bonds. The maximum Gasteiger partial charge on any atom is 0.229 e. The van der Waals surface area contributed by atoms with Gasteiger partial charge in [-0.3, -0.25) is 9.59 Å². The van der Waals surface area contributed by atoms with E-state index in [-0.39, 0.29) is 23.4 Å². The number of ketones is 1. The van der Waals surface area contributed by atoms with E-state index < -0.39 is 0 Å². The van der Waals surface area contributed by atoms with Crippen molar-refractivity contribution in [1.29, 1.82) is 0 Å². The number of nitrogens with one attached hydrogen (secondary N) is 1. The highest BCUT2D eigenvalue weighted by Crippen LogP contribution is 2.31. The quantitative estimate of drug-likeness (QED) is 0.704. The van der Waals surface area contributed by atoms with Crippen LogP contribution in [0, 0.1) is 5.82 Å². The predicted molar refractivity (Wildman–Crippen MR) is 99.9 cm³/mol. The molecule has 5 heteroatoms. The van der Waals surface area contributed by atoms with E-state index in [2.05, 4.69) is 5.32 Å². The van der Waals surface area contributed by atoms with Crippen molar-refractivity contribution in [3.8, 4) is 0 Å². The average Bonchev–Trinajstić information content (AvgIpc) is 3.29. The SMILES string of the molecule is O=C(c1ccccc1)c1ccc2n1CCC2C(=O)NCc1ccc(F)cc1. The summed E-state index contributed by atoms with van der Waals surface area (Å²) in [6, 6.07) is 18.9. The van der Waals surface area contributed by atoms with Gasteiger partial charge in [0.2, 0.25) is 11.7 Å². The van der Waals surface area contributed by atoms with E-state index in [1.54, 1.807) is 30.3 Å². The molecule has 1 atom stereocenters. The van der Waals surface area contributed by atoms with E-state index in [4.69, 9.17) is 0 Å². The molecule has 1 N–H and O–H groups in total. The third kappa shape index (κ3) is 3.40. The third-order valence-electron chi connectivity index (χ3n) is 4.98. The molecule has 4 rings (SSSR count). The van der Waals surface area contributed by atoms with E-state index in [9.17, 15) is 14.0 Å². The van der Waals surface area contributed by atoms with Gasteiger partial charge >= 0.3 is 0 Å². The van der Waals surface area contributed by atoms with E-state index in [0.717, 1.165) is 11.3 Å². The molecule has 4 nitrogen and oxygen atoms in total. The van der Waals surface area contributed by atoms with Gasteiger partial charge in [-0.1, -0.05) is 42.5 Å². The molecule has 3 aromatic rings. The number of hydrogen-bond acceptors (Lipinski definition) is 2. The van der Waals surface area contributed by atoms with Gasteiger partial charge in [0.25, 0.3) is 0 Å². The molecule has 27 heavy (non-hydrogen) atoms. The molecule has 0 fully saturated rings. The second kappa shape index (κ2) is 7.19. The summed E-state index contributed by atoms with van der Waals surface area (Å²) in [7, 11) is 0. The molecule has 0 saturated carbocycles. The number of hydrogen-bond donors (Lipinski definition) is 1. The van der Waals surface area contributed by atoms with Crippen LogP contribution in [-0.4, -0.2) is 16.3 Å². The molecule has 0 saturated heterocycles. The Kier molecular flexibility index (Phi) is 4.59. The summed E-state index contributed by atoms with van der Waals surface area (Å²) in [5, 5.41) is 2.91. The van der Waals surface area contributed by atoms with Crippen molar-refractivity contribution < 1.29 is 14.0 Å². The number of fused-ring (bicyclic) bond motifs is 1. The van der Waals surface area contributed by atoms with Gasteiger partial charge in [0.1, 0.15) is 5.82 Å². The van der Waals surface area contributed by atoms with Gasteiger partial charge < -0.3 is 9.88 Å². The average molecular weight is 362 g/mol. The minimum Gasteiger partial charge on any atom is -0.351 e. The summed E-state index contributed by atoms with van der Waals surface area (Å²) in [5.41, 5.74) is 2.97. The third-order valence-corrected chi connectivity index (χ3v) is 4.98. The zero-order chi connectivity index (χ0) is 18.8. The smallest absolute Gasteiger partial charge is 0.229 e. The first-order valence-corrected chi connectivity index (χ1v) is 8.95. The monoisotopic (exact) mass is 362 g/mol. The lowest BCUT2D eigenvalue weighted by atomic mass is 10.0. The highest BCUT2D eigenvalue weighted by Gasteiger charge is 2.31. The molecule has 0 spiro atoms. The van der Waals surface area contributed by atoms with Crippen LogP contribution >= 0.6 is 0 Å². The van der Waals surface area contributed by atoms with Crippen LogP contribution in [0.15, 0.2) is 66.7 Å². The van der Waals surface area contributed by atoms with Gasteiger partial charge in [-0.05, 0) is 36.2 Å². The van der Waals surface area contributed by atoms with E-state index in [1.807, 2.05) is 28.8 Å². The minimum atomic E-state index is -0.297. The first-order valence-electron chi connectivity index (χ1n) is 8.95. The van der Waals surface area contributed by atoms with Gasteiger partial charge in [-0.2, -0.15) is 0 Å². The summed E-state index contributed by atoms with van der Waals surface area (Å²) < 4.78 is 14.9. The largest absolute Gasteiger partial charge is 0.351 e. The molecule has 1 aliphatic rings. The standard InChI is InChI=1S/C22H19FN2O2/c23-17-8-6-15(7-9-17)14-24-22(27)18-12-13-25-19(18)10-11-20(25)21(26)16-4-2-1-3-5-16/h1-11,18H,12-14H2,(H,24,27). The van der Waals surface area contributed by atoms with Crippen molar-refractivity contribution >= 4 is 11.7 Å². The summed E-state index contributed by atoms with van der Waals surface area (Å²) in [5.74, 6) is -0.679. The van der Waals surface area contributed by atoms with Gasteiger partial charge in [-0.15, -0.1) is 0 Å². The maximum atomic E-state index is 13.0. The van der Waals surface area contributed by atoms with Crippen LogP contribution < -0.4 is 5.32 Å². The molecule has 1 aliphatic heterocycles. The topological polar surface area (TPSA) is 51.1 Å². The highest BCUT2D eigenvalue weighted by atomic mass is 19.1. The molecule has 1 unspecified atom stereocenters. The van der Waals surface area contributed by atoms with Crippen LogP contribution in [0.2, 0.25) is 0 Å². The van der Waals surface area contributed by atoms with Gasteiger partial charge in [0, 0.05) is 24.3 Å². The van der Waals surface area contributed by atoms with E-state index >= 15 is 0 Å². The Morgan fingerprint density at radius 2 is 1.74 bits per heavy atom. The number of benzene rings is 2. The second-order valence-corrected chi connectivity index (χ2v) is 6.68. The minimum absolute atomic E-state index is 0.0331. The Morgan fingerprint density at radius 3 is 2.48 bits per heavy atom. The van der Waals surface area contributed by atoms with Gasteiger partial charge in [0.05, 0.1) is 11.6 Å². The molecule has 2 aromatic carbocycles. The van der Waals surface area contributed by atoms with Crippen molar-refractivity contribution in [3.63, 3.8) is 0 Å². The summed E-state index contributed by atoms with van der Waals surface area (Å²) in [6.45, 7) is 0.997. The lowest BCUT2D eigenvalue weighted by molar-refractivity contribution is -0.122. The number of carbonyl (C=O) groups is 2. The molecule has 0 radical (unpaired) electrons. The Morgan fingerprint density at radius 1 is 1.00 bits per heavy atom. The van der Waals surface area contributed by atoms with E-state index in [1.165, 1.54) is 12.1 Å². The Balaban J connectivity index is 1.47. The first-order chi connectivity index (χ1) is 13.1.